The van der Waals surface area contributed by atoms with Crippen LogP contribution in [-0.2, 0) is 19.1 Å². The van der Waals surface area contributed by atoms with Crippen molar-refractivity contribution in [1.82, 2.24) is 0 Å². The average Bonchev–Trinajstić information content (AvgIpc) is 2.40. The number of aliphatic hydroxyl groups excluding tert-OH is 1. The number of ether oxygens (including phenoxy) is 2. The number of carbonyl (C=O) groups excluding carboxylic acids is 2. The summed E-state index contributed by atoms with van der Waals surface area (Å²) in [7, 11) is 0. The molecule has 0 spiro atoms. The maximum Gasteiger partial charge on any atom is 0.303 e. The van der Waals surface area contributed by atoms with Crippen LogP contribution >= 0.6 is 0 Å². The van der Waals surface area contributed by atoms with E-state index in [1.54, 1.807) is 0 Å². The number of hydrogen-bond donors (Lipinski definition) is 1. The normalized spacial score (nSPS) is 39.3. The summed E-state index contributed by atoms with van der Waals surface area (Å²) in [6.07, 6.45) is 0.448. The van der Waals surface area contributed by atoms with Crippen molar-refractivity contribution in [3.8, 4) is 0 Å². The van der Waals surface area contributed by atoms with Gasteiger partial charge >= 0.3 is 11.9 Å². The third kappa shape index (κ3) is 3.37. The first-order chi connectivity index (χ1) is 11.1. The average molecular weight is 338 g/mol. The van der Waals surface area contributed by atoms with Crippen molar-refractivity contribution in [2.75, 3.05) is 0 Å². The molecule has 0 amide bonds. The monoisotopic (exact) mass is 338 g/mol. The summed E-state index contributed by atoms with van der Waals surface area (Å²) in [5, 5.41) is 11.1. The van der Waals surface area contributed by atoms with Gasteiger partial charge in [-0.15, -0.1) is 0 Å². The molecule has 6 atom stereocenters. The minimum atomic E-state index is -0.876. The maximum atomic E-state index is 11.7. The molecule has 2 aliphatic carbocycles. The fourth-order valence-electron chi connectivity index (χ4n) is 4.64. The molecular formula is C19H30O5. The SMILES string of the molecule is C=C1C[C@@H](OC(C)=O)[C@@H](C(C)C)[C@@H](O)[C@H](OC(C)=O)[C@@]2(C)CC[C@@H]12. The zero-order chi connectivity index (χ0) is 18.2. The van der Waals surface area contributed by atoms with Crippen LogP contribution in [0.15, 0.2) is 12.2 Å². The van der Waals surface area contributed by atoms with E-state index in [1.807, 2.05) is 13.8 Å². The zero-order valence-corrected chi connectivity index (χ0v) is 15.4. The highest BCUT2D eigenvalue weighted by molar-refractivity contribution is 5.66. The van der Waals surface area contributed by atoms with Crippen molar-refractivity contribution < 1.29 is 24.2 Å². The molecule has 0 aromatic rings. The van der Waals surface area contributed by atoms with Crippen molar-refractivity contribution in [2.45, 2.75) is 72.2 Å². The Morgan fingerprint density at radius 1 is 1.25 bits per heavy atom. The van der Waals surface area contributed by atoms with Gasteiger partial charge in [-0.3, -0.25) is 9.59 Å². The predicted octanol–water partition coefficient (Wildman–Crippen LogP) is 2.86. The van der Waals surface area contributed by atoms with Crippen LogP contribution in [0.3, 0.4) is 0 Å². The first-order valence-corrected chi connectivity index (χ1v) is 8.78. The van der Waals surface area contributed by atoms with Crippen LogP contribution < -0.4 is 0 Å². The van der Waals surface area contributed by atoms with E-state index in [-0.39, 0.29) is 29.1 Å². The van der Waals surface area contributed by atoms with Crippen LogP contribution in [0.25, 0.3) is 0 Å². The third-order valence-corrected chi connectivity index (χ3v) is 5.89. The summed E-state index contributed by atoms with van der Waals surface area (Å²) in [5.41, 5.74) is 0.709. The smallest absolute Gasteiger partial charge is 0.303 e. The molecule has 0 aromatic heterocycles. The first kappa shape index (κ1) is 19.0. The highest BCUT2D eigenvalue weighted by atomic mass is 16.6. The fourth-order valence-corrected chi connectivity index (χ4v) is 4.64. The molecule has 0 aromatic carbocycles. The summed E-state index contributed by atoms with van der Waals surface area (Å²) >= 11 is 0. The molecule has 2 fully saturated rings. The maximum absolute atomic E-state index is 11.7. The van der Waals surface area contributed by atoms with Crippen LogP contribution in [0.4, 0.5) is 0 Å². The summed E-state index contributed by atoms with van der Waals surface area (Å²) < 4.78 is 11.1. The van der Waals surface area contributed by atoms with E-state index >= 15 is 0 Å². The van der Waals surface area contributed by atoms with Gasteiger partial charge in [-0.1, -0.05) is 32.9 Å². The summed E-state index contributed by atoms with van der Waals surface area (Å²) in [5.74, 6) is -0.846. The molecule has 0 radical (unpaired) electrons. The van der Waals surface area contributed by atoms with E-state index in [1.165, 1.54) is 13.8 Å². The highest BCUT2D eigenvalue weighted by Gasteiger charge is 2.57. The largest absolute Gasteiger partial charge is 0.462 e. The predicted molar refractivity (Wildman–Crippen MR) is 90.0 cm³/mol. The van der Waals surface area contributed by atoms with E-state index in [2.05, 4.69) is 13.5 Å². The molecule has 0 bridgehead atoms. The second kappa shape index (κ2) is 6.87. The van der Waals surface area contributed by atoms with E-state index in [9.17, 15) is 14.7 Å². The van der Waals surface area contributed by atoms with Crippen LogP contribution in [0.2, 0.25) is 0 Å². The first-order valence-electron chi connectivity index (χ1n) is 8.78. The second-order valence-electron chi connectivity index (χ2n) is 7.95. The molecule has 24 heavy (non-hydrogen) atoms. The zero-order valence-electron chi connectivity index (χ0n) is 15.4. The molecule has 5 nitrogen and oxygen atoms in total. The molecule has 1 N–H and O–H groups in total. The topological polar surface area (TPSA) is 72.8 Å². The molecule has 5 heteroatoms. The van der Waals surface area contributed by atoms with Crippen molar-refractivity contribution >= 4 is 11.9 Å². The van der Waals surface area contributed by atoms with Crippen molar-refractivity contribution in [1.29, 1.82) is 0 Å². The van der Waals surface area contributed by atoms with Crippen molar-refractivity contribution in [3.05, 3.63) is 12.2 Å². The Morgan fingerprint density at radius 2 is 1.83 bits per heavy atom. The lowest BCUT2D eigenvalue weighted by Gasteiger charge is -2.56. The molecule has 0 saturated heterocycles. The molecule has 2 rings (SSSR count). The van der Waals surface area contributed by atoms with Gasteiger partial charge in [-0.05, 0) is 24.7 Å². The molecule has 136 valence electrons. The lowest BCUT2D eigenvalue weighted by atomic mass is 9.52. The number of carbonyl (C=O) groups is 2. The Bertz CT molecular complexity index is 526. The number of rotatable bonds is 3. The standard InChI is InChI=1S/C19H30O5/c1-10(2)16-15(23-12(4)20)9-11(3)14-7-8-19(14,6)18(17(16)22)24-13(5)21/h10,14-18,22H,3,7-9H2,1-2,4-6H3/t14-,15+,16+,17+,18-,19-/m0/s1. The van der Waals surface area contributed by atoms with Gasteiger partial charge < -0.3 is 14.6 Å². The number of fused-ring (bicyclic) bond motifs is 1. The summed E-state index contributed by atoms with van der Waals surface area (Å²) in [4.78, 5) is 23.2. The van der Waals surface area contributed by atoms with Gasteiger partial charge in [0, 0.05) is 31.6 Å². The van der Waals surface area contributed by atoms with Crippen LogP contribution in [0.5, 0.6) is 0 Å². The second-order valence-corrected chi connectivity index (χ2v) is 7.95. The quantitative estimate of drug-likeness (QED) is 0.633. The lowest BCUT2D eigenvalue weighted by Crippen LogP contribution is -2.60. The molecule has 2 aliphatic rings. The molecule has 0 unspecified atom stereocenters. The van der Waals surface area contributed by atoms with Crippen LogP contribution in [0.1, 0.15) is 53.9 Å². The Hall–Kier alpha value is -1.36. The molecule has 2 saturated carbocycles. The van der Waals surface area contributed by atoms with E-state index in [0.29, 0.717) is 6.42 Å². The number of esters is 2. The summed E-state index contributed by atoms with van der Waals surface area (Å²) in [6, 6.07) is 0. The molecule has 0 heterocycles. The van der Waals surface area contributed by atoms with Crippen LogP contribution in [0, 0.1) is 23.2 Å². The minimum Gasteiger partial charge on any atom is -0.462 e. The third-order valence-electron chi connectivity index (χ3n) is 5.89. The highest BCUT2D eigenvalue weighted by Crippen LogP contribution is 2.57. The Labute approximate surface area is 144 Å². The number of hydrogen-bond acceptors (Lipinski definition) is 5. The Kier molecular flexibility index (Phi) is 5.43. The molecular weight excluding hydrogens is 308 g/mol. The lowest BCUT2D eigenvalue weighted by molar-refractivity contribution is -0.200. The van der Waals surface area contributed by atoms with Gasteiger partial charge in [0.25, 0.3) is 0 Å². The number of aliphatic hydroxyl groups is 1. The molecule has 0 aliphatic heterocycles. The van der Waals surface area contributed by atoms with Gasteiger partial charge in [-0.25, -0.2) is 0 Å². The van der Waals surface area contributed by atoms with Gasteiger partial charge in [0.2, 0.25) is 0 Å². The van der Waals surface area contributed by atoms with Gasteiger partial charge in [0.15, 0.2) is 0 Å². The van der Waals surface area contributed by atoms with E-state index < -0.39 is 24.3 Å². The van der Waals surface area contributed by atoms with E-state index in [0.717, 1.165) is 18.4 Å². The van der Waals surface area contributed by atoms with Crippen molar-refractivity contribution in [3.63, 3.8) is 0 Å². The van der Waals surface area contributed by atoms with Gasteiger partial charge in [0.1, 0.15) is 12.2 Å². The van der Waals surface area contributed by atoms with Crippen molar-refractivity contribution in [2.24, 2.45) is 23.2 Å². The fraction of sp³-hybridized carbons (Fsp3) is 0.789. The van der Waals surface area contributed by atoms with Gasteiger partial charge in [0.05, 0.1) is 6.10 Å². The van der Waals surface area contributed by atoms with E-state index in [4.69, 9.17) is 9.47 Å². The minimum absolute atomic E-state index is 0.0652. The Morgan fingerprint density at radius 3 is 2.25 bits per heavy atom. The summed E-state index contributed by atoms with van der Waals surface area (Å²) in [6.45, 7) is 13.0. The van der Waals surface area contributed by atoms with Gasteiger partial charge in [-0.2, -0.15) is 0 Å². The van der Waals surface area contributed by atoms with Crippen LogP contribution in [-0.4, -0.2) is 35.4 Å². The Balaban J connectivity index is 2.44.